The summed E-state index contributed by atoms with van der Waals surface area (Å²) in [7, 11) is 0. The van der Waals surface area contributed by atoms with Crippen molar-refractivity contribution in [3.63, 3.8) is 0 Å². The fourth-order valence-electron chi connectivity index (χ4n) is 2.42. The number of ether oxygens (including phenoxy) is 1. The van der Waals surface area contributed by atoms with Crippen LogP contribution in [0.25, 0.3) is 10.8 Å². The van der Waals surface area contributed by atoms with Crippen molar-refractivity contribution in [2.24, 2.45) is 0 Å². The number of carbonyl (C=O) groups excluding carboxylic acids is 1. The summed E-state index contributed by atoms with van der Waals surface area (Å²) in [5.74, 6) is 0.741. The quantitative estimate of drug-likeness (QED) is 0.669. The first-order valence-electron chi connectivity index (χ1n) is 7.78. The van der Waals surface area contributed by atoms with E-state index in [1.165, 1.54) is 23.5 Å². The highest BCUT2D eigenvalue weighted by molar-refractivity contribution is 7.13. The second-order valence-electron chi connectivity index (χ2n) is 5.53. The van der Waals surface area contributed by atoms with Crippen LogP contribution < -0.4 is 10.1 Å². The van der Waals surface area contributed by atoms with Gasteiger partial charge in [-0.2, -0.15) is 8.78 Å². The number of amides is 1. The van der Waals surface area contributed by atoms with Gasteiger partial charge < -0.3 is 14.5 Å². The second-order valence-corrected chi connectivity index (χ2v) is 6.48. The molecule has 1 aromatic carbocycles. The lowest BCUT2D eigenvalue weighted by Crippen LogP contribution is -2.16. The summed E-state index contributed by atoms with van der Waals surface area (Å²) in [6.45, 7) is 0.423. The van der Waals surface area contributed by atoms with Crippen LogP contribution in [0.15, 0.2) is 40.1 Å². The monoisotopic (exact) mass is 378 g/mol. The van der Waals surface area contributed by atoms with Gasteiger partial charge >= 0.3 is 6.61 Å². The van der Waals surface area contributed by atoms with E-state index in [0.29, 0.717) is 28.6 Å². The Labute approximate surface area is 152 Å². The normalized spacial score (nSPS) is 11.0. The van der Waals surface area contributed by atoms with Gasteiger partial charge in [0.2, 0.25) is 11.8 Å². The largest absolute Gasteiger partial charge is 0.440 e. The highest BCUT2D eigenvalue weighted by atomic mass is 32.1. The van der Waals surface area contributed by atoms with Gasteiger partial charge in [-0.3, -0.25) is 4.79 Å². The molecule has 5 nitrogen and oxygen atoms in total. The molecule has 0 spiro atoms. The average Bonchev–Trinajstić information content (AvgIpc) is 3.21. The molecule has 3 aromatic rings. The summed E-state index contributed by atoms with van der Waals surface area (Å²) >= 11 is 1.50. The number of nitrogens with one attached hydrogen (secondary N) is 1. The van der Waals surface area contributed by atoms with Crippen LogP contribution in [0.5, 0.6) is 5.75 Å². The highest BCUT2D eigenvalue weighted by Crippen LogP contribution is 2.28. The first-order chi connectivity index (χ1) is 12.4. The van der Waals surface area contributed by atoms with E-state index < -0.39 is 6.61 Å². The highest BCUT2D eigenvalue weighted by Gasteiger charge is 2.17. The summed E-state index contributed by atoms with van der Waals surface area (Å²) in [6, 6.07) is 8.36. The molecule has 0 aliphatic heterocycles. The number of aryl methyl sites for hydroxylation is 1. The third-order valence-electron chi connectivity index (χ3n) is 3.73. The molecular formula is C18H16F2N2O3S. The molecule has 1 N–H and O–H groups in total. The molecule has 0 fully saturated rings. The number of rotatable bonds is 6. The van der Waals surface area contributed by atoms with Crippen molar-refractivity contribution in [1.29, 1.82) is 0 Å². The molecule has 2 aromatic heterocycles. The van der Waals surface area contributed by atoms with E-state index in [2.05, 4.69) is 15.0 Å². The maximum absolute atomic E-state index is 12.4. The third-order valence-corrected chi connectivity index (χ3v) is 4.58. The van der Waals surface area contributed by atoms with Crippen molar-refractivity contribution in [3.8, 4) is 16.5 Å². The maximum atomic E-state index is 12.4. The second kappa shape index (κ2) is 7.65. The van der Waals surface area contributed by atoms with Gasteiger partial charge in [-0.15, -0.1) is 11.3 Å². The van der Waals surface area contributed by atoms with Crippen molar-refractivity contribution in [2.45, 2.75) is 26.9 Å². The fraction of sp³-hybridized carbons (Fsp3) is 0.222. The van der Waals surface area contributed by atoms with E-state index in [0.717, 1.165) is 4.88 Å². The van der Waals surface area contributed by atoms with Crippen LogP contribution in [-0.2, 0) is 11.2 Å². The van der Waals surface area contributed by atoms with Gasteiger partial charge in [-0.25, -0.2) is 4.98 Å². The van der Waals surface area contributed by atoms with Crippen LogP contribution in [0.4, 0.5) is 14.5 Å². The Morgan fingerprint density at radius 1 is 1.31 bits per heavy atom. The molecule has 136 valence electrons. The summed E-state index contributed by atoms with van der Waals surface area (Å²) in [5.41, 5.74) is 1.37. The summed E-state index contributed by atoms with van der Waals surface area (Å²) in [4.78, 5) is 17.6. The van der Waals surface area contributed by atoms with Gasteiger partial charge in [0.15, 0.2) is 0 Å². The number of aromatic nitrogens is 1. The number of carbonyl (C=O) groups is 1. The lowest BCUT2D eigenvalue weighted by molar-refractivity contribution is -0.115. The number of oxazole rings is 1. The number of halogens is 2. The maximum Gasteiger partial charge on any atom is 0.387 e. The predicted molar refractivity (Wildman–Crippen MR) is 94.7 cm³/mol. The first kappa shape index (κ1) is 18.1. The van der Waals surface area contributed by atoms with Crippen molar-refractivity contribution < 1.29 is 22.7 Å². The minimum Gasteiger partial charge on any atom is -0.440 e. The van der Waals surface area contributed by atoms with E-state index >= 15 is 0 Å². The minimum absolute atomic E-state index is 0.0140. The number of alkyl halides is 2. The lowest BCUT2D eigenvalue weighted by atomic mass is 10.1. The zero-order chi connectivity index (χ0) is 18.7. The fourth-order valence-corrected chi connectivity index (χ4v) is 3.07. The van der Waals surface area contributed by atoms with Crippen LogP contribution >= 0.6 is 11.3 Å². The Bertz CT molecular complexity index is 907. The van der Waals surface area contributed by atoms with Crippen LogP contribution in [0.1, 0.15) is 17.0 Å². The zero-order valence-corrected chi connectivity index (χ0v) is 14.9. The molecule has 0 aliphatic carbocycles. The Morgan fingerprint density at radius 3 is 2.81 bits per heavy atom. The molecule has 0 radical (unpaired) electrons. The topological polar surface area (TPSA) is 64.4 Å². The van der Waals surface area contributed by atoms with Gasteiger partial charge in [0.25, 0.3) is 0 Å². The van der Waals surface area contributed by atoms with E-state index in [1.54, 1.807) is 19.9 Å². The van der Waals surface area contributed by atoms with E-state index in [4.69, 9.17) is 4.42 Å². The van der Waals surface area contributed by atoms with Crippen molar-refractivity contribution in [1.82, 2.24) is 4.98 Å². The standard InChI is InChI=1S/C18H16F2N2O3S/c1-10-12(5-3-6-14(10)25-18(19)20)21-16(23)9-13-11(2)24-17(22-13)15-7-4-8-26-15/h3-8,18H,9H2,1-2H3,(H,21,23). The van der Waals surface area contributed by atoms with Crippen LogP contribution in [0.2, 0.25) is 0 Å². The van der Waals surface area contributed by atoms with E-state index in [1.807, 2.05) is 17.5 Å². The van der Waals surface area contributed by atoms with Crippen molar-refractivity contribution >= 4 is 22.9 Å². The summed E-state index contributed by atoms with van der Waals surface area (Å²) < 4.78 is 34.9. The van der Waals surface area contributed by atoms with Gasteiger partial charge in [-0.1, -0.05) is 12.1 Å². The molecule has 0 aliphatic rings. The number of hydrogen-bond acceptors (Lipinski definition) is 5. The SMILES string of the molecule is Cc1oc(-c2cccs2)nc1CC(=O)Nc1cccc(OC(F)F)c1C. The predicted octanol–water partition coefficient (Wildman–Crippen LogP) is 4.80. The lowest BCUT2D eigenvalue weighted by Gasteiger charge is -2.12. The van der Waals surface area contributed by atoms with Gasteiger partial charge in [0.1, 0.15) is 11.5 Å². The molecule has 0 atom stereocenters. The molecule has 0 bridgehead atoms. The average molecular weight is 378 g/mol. The molecule has 8 heteroatoms. The molecule has 2 heterocycles. The minimum atomic E-state index is -2.92. The van der Waals surface area contributed by atoms with Crippen LogP contribution in [-0.4, -0.2) is 17.5 Å². The number of hydrogen-bond donors (Lipinski definition) is 1. The van der Waals surface area contributed by atoms with Crippen molar-refractivity contribution in [2.75, 3.05) is 5.32 Å². The van der Waals surface area contributed by atoms with Gasteiger partial charge in [0, 0.05) is 11.3 Å². The Balaban J connectivity index is 1.72. The van der Waals surface area contributed by atoms with Crippen molar-refractivity contribution in [3.05, 3.63) is 52.7 Å². The third kappa shape index (κ3) is 4.08. The smallest absolute Gasteiger partial charge is 0.387 e. The molecule has 26 heavy (non-hydrogen) atoms. The molecule has 0 unspecified atom stereocenters. The first-order valence-corrected chi connectivity index (χ1v) is 8.66. The Morgan fingerprint density at radius 2 is 2.12 bits per heavy atom. The summed E-state index contributed by atoms with van der Waals surface area (Å²) in [6.07, 6.45) is 0.0140. The number of thiophene rings is 1. The Kier molecular flexibility index (Phi) is 5.32. The van der Waals surface area contributed by atoms with Gasteiger partial charge in [0.05, 0.1) is 17.0 Å². The van der Waals surface area contributed by atoms with E-state index in [-0.39, 0.29) is 18.1 Å². The Hall–Kier alpha value is -2.74. The number of nitrogens with zero attached hydrogens (tertiary/aromatic N) is 1. The number of anilines is 1. The van der Waals surface area contributed by atoms with E-state index in [9.17, 15) is 13.6 Å². The zero-order valence-electron chi connectivity index (χ0n) is 14.1. The van der Waals surface area contributed by atoms with Gasteiger partial charge in [-0.05, 0) is 37.4 Å². The molecule has 0 saturated heterocycles. The van der Waals surface area contributed by atoms with Crippen LogP contribution in [0, 0.1) is 13.8 Å². The summed E-state index contributed by atoms with van der Waals surface area (Å²) in [5, 5.41) is 4.62. The molecule has 1 amide bonds. The molecular weight excluding hydrogens is 362 g/mol. The van der Waals surface area contributed by atoms with Crippen LogP contribution in [0.3, 0.4) is 0 Å². The molecule has 3 rings (SSSR count). The molecule has 0 saturated carbocycles. The number of benzene rings is 1.